The number of oxazole rings is 1. The van der Waals surface area contributed by atoms with Crippen LogP contribution in [0.5, 0.6) is 5.75 Å². The molecule has 94 valence electrons. The minimum Gasteiger partial charge on any atom is -0.507 e. The maximum atomic E-state index is 11.8. The number of aryl methyl sites for hydroxylation is 1. The molecule has 1 amide bonds. The van der Waals surface area contributed by atoms with Gasteiger partial charge in [-0.25, -0.2) is 4.98 Å². The van der Waals surface area contributed by atoms with Crippen molar-refractivity contribution in [2.24, 2.45) is 0 Å². The van der Waals surface area contributed by atoms with Crippen molar-refractivity contribution < 1.29 is 14.3 Å². The van der Waals surface area contributed by atoms with Crippen molar-refractivity contribution in [3.8, 4) is 5.75 Å². The van der Waals surface area contributed by atoms with Crippen LogP contribution in [-0.4, -0.2) is 16.0 Å². The quantitative estimate of drug-likeness (QED) is 0.894. The summed E-state index contributed by atoms with van der Waals surface area (Å²) in [5.41, 5.74) is 0.116. The lowest BCUT2D eigenvalue weighted by Crippen LogP contribution is -2.23. The molecule has 2 N–H and O–H groups in total. The lowest BCUT2D eigenvalue weighted by atomic mass is 10.2. The van der Waals surface area contributed by atoms with E-state index >= 15 is 0 Å². The van der Waals surface area contributed by atoms with Crippen molar-refractivity contribution in [1.82, 2.24) is 10.3 Å². The molecule has 5 nitrogen and oxygen atoms in total. The van der Waals surface area contributed by atoms with Gasteiger partial charge in [-0.1, -0.05) is 11.6 Å². The number of carbonyl (C=O) groups excluding carboxylic acids is 1. The molecule has 0 bridgehead atoms. The smallest absolute Gasteiger partial charge is 0.255 e. The number of nitrogens with zero attached hydrogens (tertiary/aromatic N) is 1. The predicted molar refractivity (Wildman–Crippen MR) is 65.5 cm³/mol. The van der Waals surface area contributed by atoms with Crippen LogP contribution < -0.4 is 5.32 Å². The summed E-state index contributed by atoms with van der Waals surface area (Å²) in [6, 6.07) is 4.27. The van der Waals surface area contributed by atoms with Crippen LogP contribution >= 0.6 is 11.6 Å². The number of nitrogens with one attached hydrogen (secondary N) is 1. The van der Waals surface area contributed by atoms with E-state index in [1.807, 2.05) is 0 Å². The molecular formula is C12H11ClN2O3. The minimum atomic E-state index is -0.439. The number of benzene rings is 1. The third kappa shape index (κ3) is 2.81. The van der Waals surface area contributed by atoms with Gasteiger partial charge in [-0.2, -0.15) is 0 Å². The molecule has 0 unspecified atom stereocenters. The number of hydrogen-bond acceptors (Lipinski definition) is 4. The largest absolute Gasteiger partial charge is 0.507 e. The van der Waals surface area contributed by atoms with Gasteiger partial charge in [-0.15, -0.1) is 0 Å². The number of aromatic hydroxyl groups is 1. The standard InChI is InChI=1S/C12H11ClN2O3/c1-7-5-14-11(18-7)6-15-12(17)9-4-8(13)2-3-10(9)16/h2-5,16H,6H2,1H3,(H,15,17). The normalized spacial score (nSPS) is 10.3. The van der Waals surface area contributed by atoms with E-state index in [1.165, 1.54) is 18.2 Å². The number of aromatic nitrogens is 1. The SMILES string of the molecule is Cc1cnc(CNC(=O)c2cc(Cl)ccc2O)o1. The first-order valence-corrected chi connectivity index (χ1v) is 5.62. The van der Waals surface area contributed by atoms with E-state index in [2.05, 4.69) is 10.3 Å². The summed E-state index contributed by atoms with van der Waals surface area (Å²) in [4.78, 5) is 15.8. The van der Waals surface area contributed by atoms with Gasteiger partial charge in [0.25, 0.3) is 5.91 Å². The topological polar surface area (TPSA) is 75.4 Å². The van der Waals surface area contributed by atoms with E-state index in [0.717, 1.165) is 0 Å². The van der Waals surface area contributed by atoms with Crippen LogP contribution in [0.4, 0.5) is 0 Å². The van der Waals surface area contributed by atoms with Gasteiger partial charge in [0.1, 0.15) is 11.5 Å². The highest BCUT2D eigenvalue weighted by atomic mass is 35.5. The van der Waals surface area contributed by atoms with Crippen molar-refractivity contribution in [2.75, 3.05) is 0 Å². The maximum Gasteiger partial charge on any atom is 0.255 e. The first-order chi connectivity index (χ1) is 8.56. The van der Waals surface area contributed by atoms with Gasteiger partial charge < -0.3 is 14.8 Å². The highest BCUT2D eigenvalue weighted by molar-refractivity contribution is 6.31. The van der Waals surface area contributed by atoms with Crippen LogP contribution in [0.25, 0.3) is 0 Å². The molecule has 6 heteroatoms. The average molecular weight is 267 g/mol. The Kier molecular flexibility index (Phi) is 3.53. The Morgan fingerprint density at radius 2 is 2.33 bits per heavy atom. The molecular weight excluding hydrogens is 256 g/mol. The van der Waals surface area contributed by atoms with Gasteiger partial charge >= 0.3 is 0 Å². The maximum absolute atomic E-state index is 11.8. The van der Waals surface area contributed by atoms with Crippen LogP contribution in [0.3, 0.4) is 0 Å². The first kappa shape index (κ1) is 12.4. The number of carbonyl (C=O) groups is 1. The molecule has 1 heterocycles. The second kappa shape index (κ2) is 5.10. The van der Waals surface area contributed by atoms with Crippen LogP contribution in [0.2, 0.25) is 5.02 Å². The number of rotatable bonds is 3. The Bertz CT molecular complexity index is 580. The lowest BCUT2D eigenvalue weighted by Gasteiger charge is -2.05. The monoisotopic (exact) mass is 266 g/mol. The molecule has 0 saturated carbocycles. The highest BCUT2D eigenvalue weighted by Crippen LogP contribution is 2.21. The Labute approximate surface area is 108 Å². The number of hydrogen-bond donors (Lipinski definition) is 2. The molecule has 2 aromatic rings. The Morgan fingerprint density at radius 3 is 3.00 bits per heavy atom. The van der Waals surface area contributed by atoms with Gasteiger partial charge in [-0.05, 0) is 25.1 Å². The molecule has 0 spiro atoms. The molecule has 0 atom stereocenters. The molecule has 0 saturated heterocycles. The van der Waals surface area contributed by atoms with E-state index in [0.29, 0.717) is 16.7 Å². The zero-order valence-electron chi connectivity index (χ0n) is 9.61. The van der Waals surface area contributed by atoms with Gasteiger partial charge in [0.2, 0.25) is 5.89 Å². The predicted octanol–water partition coefficient (Wildman–Crippen LogP) is 2.27. The zero-order valence-corrected chi connectivity index (χ0v) is 10.4. The number of amides is 1. The van der Waals surface area contributed by atoms with E-state index in [9.17, 15) is 9.90 Å². The summed E-state index contributed by atoms with van der Waals surface area (Å²) in [7, 11) is 0. The van der Waals surface area contributed by atoms with Crippen LogP contribution in [0.1, 0.15) is 22.0 Å². The van der Waals surface area contributed by atoms with Crippen molar-refractivity contribution in [3.63, 3.8) is 0 Å². The molecule has 0 fully saturated rings. The molecule has 1 aromatic heterocycles. The summed E-state index contributed by atoms with van der Waals surface area (Å²) in [5.74, 6) is 0.513. The molecule has 0 aliphatic carbocycles. The fourth-order valence-corrected chi connectivity index (χ4v) is 1.60. The Morgan fingerprint density at radius 1 is 1.56 bits per heavy atom. The van der Waals surface area contributed by atoms with Gasteiger partial charge in [0.05, 0.1) is 18.3 Å². The molecule has 0 aliphatic rings. The molecule has 2 rings (SSSR count). The number of phenolic OH excluding ortho intramolecular Hbond substituents is 1. The third-order valence-corrected chi connectivity index (χ3v) is 2.51. The van der Waals surface area contributed by atoms with Crippen LogP contribution in [0.15, 0.2) is 28.8 Å². The minimum absolute atomic E-state index is 0.116. The number of phenols is 1. The average Bonchev–Trinajstić information content (AvgIpc) is 2.75. The van der Waals surface area contributed by atoms with E-state index < -0.39 is 5.91 Å². The van der Waals surface area contributed by atoms with E-state index in [1.54, 1.807) is 13.1 Å². The van der Waals surface area contributed by atoms with Crippen LogP contribution in [0, 0.1) is 6.92 Å². The van der Waals surface area contributed by atoms with Crippen LogP contribution in [-0.2, 0) is 6.54 Å². The van der Waals surface area contributed by atoms with E-state index in [4.69, 9.17) is 16.0 Å². The van der Waals surface area contributed by atoms with Crippen molar-refractivity contribution in [2.45, 2.75) is 13.5 Å². The summed E-state index contributed by atoms with van der Waals surface area (Å²) in [6.45, 7) is 1.92. The van der Waals surface area contributed by atoms with Gasteiger partial charge in [0.15, 0.2) is 0 Å². The van der Waals surface area contributed by atoms with Crippen molar-refractivity contribution >= 4 is 17.5 Å². The van der Waals surface area contributed by atoms with Crippen molar-refractivity contribution in [3.05, 3.63) is 46.6 Å². The fraction of sp³-hybridized carbons (Fsp3) is 0.167. The summed E-state index contributed by atoms with van der Waals surface area (Å²) in [6.07, 6.45) is 1.57. The van der Waals surface area contributed by atoms with Gasteiger partial charge in [0, 0.05) is 5.02 Å². The molecule has 0 aliphatic heterocycles. The first-order valence-electron chi connectivity index (χ1n) is 5.24. The lowest BCUT2D eigenvalue weighted by molar-refractivity contribution is 0.0944. The molecule has 0 radical (unpaired) electrons. The third-order valence-electron chi connectivity index (χ3n) is 2.27. The molecule has 18 heavy (non-hydrogen) atoms. The second-order valence-corrected chi connectivity index (χ2v) is 4.15. The summed E-state index contributed by atoms with van der Waals surface area (Å²) < 4.78 is 5.21. The number of halogens is 1. The highest BCUT2D eigenvalue weighted by Gasteiger charge is 2.12. The zero-order chi connectivity index (χ0) is 13.1. The summed E-state index contributed by atoms with van der Waals surface area (Å²) >= 11 is 5.76. The fourth-order valence-electron chi connectivity index (χ4n) is 1.42. The van der Waals surface area contributed by atoms with Crippen molar-refractivity contribution in [1.29, 1.82) is 0 Å². The van der Waals surface area contributed by atoms with Gasteiger partial charge in [-0.3, -0.25) is 4.79 Å². The Balaban J connectivity index is 2.05. The molecule has 1 aromatic carbocycles. The summed E-state index contributed by atoms with van der Waals surface area (Å²) in [5, 5.41) is 12.5. The van der Waals surface area contributed by atoms with E-state index in [-0.39, 0.29) is 17.9 Å². The second-order valence-electron chi connectivity index (χ2n) is 3.71. The Hall–Kier alpha value is -2.01.